The van der Waals surface area contributed by atoms with Gasteiger partial charge in [0.1, 0.15) is 5.92 Å². The van der Waals surface area contributed by atoms with Gasteiger partial charge in [0.25, 0.3) is 5.91 Å². The molecule has 5 nitrogen and oxygen atoms in total. The van der Waals surface area contributed by atoms with Crippen LogP contribution in [0.1, 0.15) is 22.7 Å². The van der Waals surface area contributed by atoms with Gasteiger partial charge in [0.2, 0.25) is 5.91 Å². The Morgan fingerprint density at radius 3 is 2.34 bits per heavy atom. The minimum atomic E-state index is -0.914. The maximum absolute atomic E-state index is 13.6. The third-order valence-electron chi connectivity index (χ3n) is 6.02. The molecule has 2 saturated heterocycles. The summed E-state index contributed by atoms with van der Waals surface area (Å²) in [6.45, 7) is 2.17. The van der Waals surface area contributed by atoms with E-state index in [1.165, 1.54) is 4.90 Å². The molecule has 0 radical (unpaired) electrons. The van der Waals surface area contributed by atoms with Crippen molar-refractivity contribution in [2.24, 2.45) is 5.92 Å². The van der Waals surface area contributed by atoms with Gasteiger partial charge in [-0.1, -0.05) is 77.8 Å². The minimum Gasteiger partial charge on any atom is -0.275 e. The van der Waals surface area contributed by atoms with Gasteiger partial charge >= 0.3 is 0 Å². The van der Waals surface area contributed by atoms with Crippen LogP contribution < -0.4 is 5.06 Å². The van der Waals surface area contributed by atoms with Crippen LogP contribution in [0.4, 0.5) is 5.69 Å². The molecular formula is C25H20Cl2N2O3. The molecule has 3 aromatic carbocycles. The number of hydroxylamine groups is 1. The lowest BCUT2D eigenvalue weighted by Gasteiger charge is -2.30. The molecule has 2 aliphatic rings. The van der Waals surface area contributed by atoms with Crippen LogP contribution in [0.25, 0.3) is 0 Å². The van der Waals surface area contributed by atoms with Crippen molar-refractivity contribution in [3.05, 3.63) is 99.5 Å². The fourth-order valence-electron chi connectivity index (χ4n) is 4.47. The Morgan fingerprint density at radius 2 is 1.62 bits per heavy atom. The number of halogens is 2. The molecule has 2 heterocycles. The standard InChI is InChI=1S/C25H20Cl2N2O3/c1-15-7-5-6-10-20(15)29-22(18-12-11-17(26)13-19(18)27)21-23(32-29)25(31)28(24(21)30)14-16-8-3-2-4-9-16/h2-13,21-23H,14H2,1H3. The zero-order valence-electron chi connectivity index (χ0n) is 17.2. The average molecular weight is 467 g/mol. The highest BCUT2D eigenvalue weighted by Gasteiger charge is 2.60. The molecule has 32 heavy (non-hydrogen) atoms. The van der Waals surface area contributed by atoms with E-state index in [4.69, 9.17) is 28.0 Å². The predicted molar refractivity (Wildman–Crippen MR) is 123 cm³/mol. The van der Waals surface area contributed by atoms with E-state index < -0.39 is 18.1 Å². The van der Waals surface area contributed by atoms with Crippen LogP contribution in [-0.2, 0) is 21.0 Å². The molecule has 3 aromatic rings. The third-order valence-corrected chi connectivity index (χ3v) is 6.59. The molecule has 3 unspecified atom stereocenters. The summed E-state index contributed by atoms with van der Waals surface area (Å²) >= 11 is 12.7. The van der Waals surface area contributed by atoms with E-state index in [0.29, 0.717) is 15.6 Å². The summed E-state index contributed by atoms with van der Waals surface area (Å²) in [5.74, 6) is -1.32. The van der Waals surface area contributed by atoms with E-state index in [0.717, 1.165) is 16.8 Å². The van der Waals surface area contributed by atoms with Gasteiger partial charge in [-0.3, -0.25) is 19.3 Å². The van der Waals surface area contributed by atoms with Crippen molar-refractivity contribution in [3.63, 3.8) is 0 Å². The normalized spacial score (nSPS) is 22.5. The zero-order valence-corrected chi connectivity index (χ0v) is 18.8. The number of amides is 2. The highest BCUT2D eigenvalue weighted by molar-refractivity contribution is 6.35. The second-order valence-corrected chi connectivity index (χ2v) is 8.87. The second kappa shape index (κ2) is 8.24. The van der Waals surface area contributed by atoms with E-state index in [1.807, 2.05) is 61.5 Å². The number of para-hydroxylation sites is 1. The van der Waals surface area contributed by atoms with Crippen LogP contribution in [0.5, 0.6) is 0 Å². The van der Waals surface area contributed by atoms with Gasteiger partial charge in [-0.2, -0.15) is 0 Å². The van der Waals surface area contributed by atoms with E-state index >= 15 is 0 Å². The van der Waals surface area contributed by atoms with Crippen LogP contribution >= 0.6 is 23.2 Å². The molecule has 0 aliphatic carbocycles. The summed E-state index contributed by atoms with van der Waals surface area (Å²) < 4.78 is 0. The van der Waals surface area contributed by atoms with Gasteiger partial charge in [-0.15, -0.1) is 0 Å². The molecule has 0 saturated carbocycles. The Hall–Kier alpha value is -2.86. The Bertz CT molecular complexity index is 1200. The quantitative estimate of drug-likeness (QED) is 0.486. The number of carbonyl (C=O) groups excluding carboxylic acids is 2. The van der Waals surface area contributed by atoms with Crippen molar-refractivity contribution in [1.82, 2.24) is 4.90 Å². The largest absolute Gasteiger partial charge is 0.275 e. The maximum Gasteiger partial charge on any atom is 0.262 e. The number of anilines is 1. The first-order valence-electron chi connectivity index (χ1n) is 10.3. The third kappa shape index (κ3) is 3.47. The first kappa shape index (κ1) is 21.0. The van der Waals surface area contributed by atoms with Crippen molar-refractivity contribution in [2.45, 2.75) is 25.6 Å². The van der Waals surface area contributed by atoms with Crippen molar-refractivity contribution in [2.75, 3.05) is 5.06 Å². The van der Waals surface area contributed by atoms with Crippen molar-refractivity contribution in [1.29, 1.82) is 0 Å². The monoisotopic (exact) mass is 466 g/mol. The summed E-state index contributed by atoms with van der Waals surface area (Å²) in [6, 6.07) is 21.7. The van der Waals surface area contributed by atoms with Gasteiger partial charge in [-0.05, 0) is 41.8 Å². The van der Waals surface area contributed by atoms with Crippen LogP contribution in [-0.4, -0.2) is 22.8 Å². The van der Waals surface area contributed by atoms with Crippen LogP contribution in [0.3, 0.4) is 0 Å². The molecular weight excluding hydrogens is 447 g/mol. The van der Waals surface area contributed by atoms with Crippen LogP contribution in [0.15, 0.2) is 72.8 Å². The van der Waals surface area contributed by atoms with Gasteiger partial charge in [0.05, 0.1) is 18.3 Å². The Balaban J connectivity index is 1.57. The van der Waals surface area contributed by atoms with E-state index in [9.17, 15) is 9.59 Å². The molecule has 0 bridgehead atoms. The number of likely N-dealkylation sites (tertiary alicyclic amines) is 1. The Morgan fingerprint density at radius 1 is 0.906 bits per heavy atom. The average Bonchev–Trinajstić information content (AvgIpc) is 3.27. The molecule has 5 rings (SSSR count). The number of imide groups is 1. The molecule has 3 atom stereocenters. The minimum absolute atomic E-state index is 0.209. The molecule has 0 spiro atoms. The zero-order chi connectivity index (χ0) is 22.4. The molecule has 7 heteroatoms. The van der Waals surface area contributed by atoms with Gasteiger partial charge < -0.3 is 0 Å². The predicted octanol–water partition coefficient (Wildman–Crippen LogP) is 5.35. The molecule has 162 valence electrons. The van der Waals surface area contributed by atoms with Gasteiger partial charge in [-0.25, -0.2) is 5.06 Å². The SMILES string of the molecule is Cc1ccccc1N1OC2C(=O)N(Cc3ccccc3)C(=O)C2C1c1ccc(Cl)cc1Cl. The second-order valence-electron chi connectivity index (χ2n) is 8.02. The number of carbonyl (C=O) groups is 2. The lowest BCUT2D eigenvalue weighted by molar-refractivity contribution is -0.143. The summed E-state index contributed by atoms with van der Waals surface area (Å²) in [7, 11) is 0. The van der Waals surface area contributed by atoms with E-state index in [2.05, 4.69) is 0 Å². The van der Waals surface area contributed by atoms with Crippen LogP contribution in [0, 0.1) is 12.8 Å². The molecule has 2 amide bonds. The number of nitrogens with zero attached hydrogens (tertiary/aromatic N) is 2. The number of benzene rings is 3. The number of hydrogen-bond donors (Lipinski definition) is 0. The van der Waals surface area contributed by atoms with E-state index in [1.54, 1.807) is 23.3 Å². The Labute approximate surface area is 196 Å². The van der Waals surface area contributed by atoms with Gasteiger partial charge in [0.15, 0.2) is 6.10 Å². The smallest absolute Gasteiger partial charge is 0.262 e. The first-order chi connectivity index (χ1) is 15.5. The van der Waals surface area contributed by atoms with Crippen molar-refractivity contribution in [3.8, 4) is 0 Å². The van der Waals surface area contributed by atoms with Gasteiger partial charge in [0, 0.05) is 10.0 Å². The summed E-state index contributed by atoms with van der Waals surface area (Å²) in [4.78, 5) is 34.3. The number of hydrogen-bond acceptors (Lipinski definition) is 4. The summed E-state index contributed by atoms with van der Waals surface area (Å²) in [5.41, 5.74) is 3.32. The fourth-order valence-corrected chi connectivity index (χ4v) is 4.99. The van der Waals surface area contributed by atoms with E-state index in [-0.39, 0.29) is 18.4 Å². The fraction of sp³-hybridized carbons (Fsp3) is 0.200. The summed E-state index contributed by atoms with van der Waals surface area (Å²) in [6.07, 6.45) is -0.914. The molecule has 2 aliphatic heterocycles. The molecule has 0 aromatic heterocycles. The molecule has 0 N–H and O–H groups in total. The molecule has 2 fully saturated rings. The summed E-state index contributed by atoms with van der Waals surface area (Å²) in [5, 5.41) is 2.58. The lowest BCUT2D eigenvalue weighted by Crippen LogP contribution is -2.37. The maximum atomic E-state index is 13.6. The van der Waals surface area contributed by atoms with Crippen LogP contribution in [0.2, 0.25) is 10.0 Å². The number of aryl methyl sites for hydroxylation is 1. The van der Waals surface area contributed by atoms with Crippen molar-refractivity contribution < 1.29 is 14.4 Å². The highest BCUT2D eigenvalue weighted by Crippen LogP contribution is 2.49. The number of rotatable bonds is 4. The highest BCUT2D eigenvalue weighted by atomic mass is 35.5. The number of fused-ring (bicyclic) bond motifs is 1. The lowest BCUT2D eigenvalue weighted by atomic mass is 9.90. The first-order valence-corrected chi connectivity index (χ1v) is 11.1. The Kier molecular flexibility index (Phi) is 5.41. The van der Waals surface area contributed by atoms with Crippen molar-refractivity contribution >= 4 is 40.7 Å². The topological polar surface area (TPSA) is 49.9 Å².